The minimum Gasteiger partial charge on any atom is -0.370 e. The lowest BCUT2D eigenvalue weighted by atomic mass is 9.86. The van der Waals surface area contributed by atoms with Crippen molar-refractivity contribution in [1.29, 1.82) is 0 Å². The van der Waals surface area contributed by atoms with Crippen LogP contribution in [0.1, 0.15) is 25.0 Å². The van der Waals surface area contributed by atoms with Gasteiger partial charge in [0.1, 0.15) is 0 Å². The number of aromatic nitrogens is 2. The van der Waals surface area contributed by atoms with Crippen LogP contribution in [0.25, 0.3) is 0 Å². The lowest BCUT2D eigenvalue weighted by molar-refractivity contribution is 0.326. The quantitative estimate of drug-likeness (QED) is 0.444. The molecule has 1 saturated carbocycles. The molecule has 20 heavy (non-hydrogen) atoms. The predicted molar refractivity (Wildman–Crippen MR) is 93.9 cm³/mol. The molecule has 7 heteroatoms. The van der Waals surface area contributed by atoms with Crippen LogP contribution >= 0.6 is 35.7 Å². The van der Waals surface area contributed by atoms with Crippen LogP contribution < -0.4 is 11.1 Å². The first-order valence-corrected chi connectivity index (χ1v) is 8.02. The number of aryl methyl sites for hydroxylation is 1. The normalized spacial score (nSPS) is 18.3. The molecule has 0 spiro atoms. The van der Waals surface area contributed by atoms with Crippen molar-refractivity contribution < 1.29 is 0 Å². The summed E-state index contributed by atoms with van der Waals surface area (Å²) in [4.78, 5) is 8.97. The number of aliphatic imine (C=N–C) groups is 1. The molecule has 112 valence electrons. The smallest absolute Gasteiger partial charge is 0.188 e. The van der Waals surface area contributed by atoms with Crippen LogP contribution in [0.4, 0.5) is 0 Å². The molecule has 5 nitrogen and oxygen atoms in total. The average molecular weight is 407 g/mol. The molecule has 1 aliphatic carbocycles. The first-order valence-electron chi connectivity index (χ1n) is 7.04. The van der Waals surface area contributed by atoms with Gasteiger partial charge in [-0.05, 0) is 18.8 Å². The summed E-state index contributed by atoms with van der Waals surface area (Å²) < 4.78 is 2.23. The SMILES string of the molecule is I.NC(=NCC1CCC1)NCCc1cn2c(n1)SCC2. The summed E-state index contributed by atoms with van der Waals surface area (Å²) in [5.74, 6) is 2.50. The first kappa shape index (κ1) is 15.9. The Bertz CT molecular complexity index is 448. The Kier molecular flexibility index (Phi) is 6.01. The third-order valence-corrected chi connectivity index (χ3v) is 4.76. The number of guanidine groups is 1. The lowest BCUT2D eigenvalue weighted by Crippen LogP contribution is -2.34. The summed E-state index contributed by atoms with van der Waals surface area (Å²) in [5.41, 5.74) is 6.99. The molecular formula is C13H22IN5S. The molecule has 0 radical (unpaired) electrons. The van der Waals surface area contributed by atoms with Crippen molar-refractivity contribution in [3.8, 4) is 0 Å². The summed E-state index contributed by atoms with van der Waals surface area (Å²) in [6.07, 6.45) is 7.04. The zero-order valence-electron chi connectivity index (χ0n) is 11.5. The van der Waals surface area contributed by atoms with Crippen LogP contribution in [0, 0.1) is 5.92 Å². The fourth-order valence-corrected chi connectivity index (χ4v) is 3.32. The first-order chi connectivity index (χ1) is 9.31. The van der Waals surface area contributed by atoms with Crippen LogP contribution in [0.3, 0.4) is 0 Å². The van der Waals surface area contributed by atoms with Gasteiger partial charge < -0.3 is 15.6 Å². The molecule has 1 fully saturated rings. The molecule has 0 saturated heterocycles. The molecule has 3 N–H and O–H groups in total. The number of thioether (sulfide) groups is 1. The highest BCUT2D eigenvalue weighted by atomic mass is 127. The molecule has 1 aromatic rings. The number of fused-ring (bicyclic) bond motifs is 1. The Morgan fingerprint density at radius 2 is 2.40 bits per heavy atom. The highest BCUT2D eigenvalue weighted by molar-refractivity contribution is 14.0. The highest BCUT2D eigenvalue weighted by Gasteiger charge is 2.16. The molecule has 0 amide bonds. The van der Waals surface area contributed by atoms with E-state index >= 15 is 0 Å². The number of nitrogens with one attached hydrogen (secondary N) is 1. The Balaban J connectivity index is 0.00000147. The van der Waals surface area contributed by atoms with Gasteiger partial charge >= 0.3 is 0 Å². The van der Waals surface area contributed by atoms with Gasteiger partial charge in [0.15, 0.2) is 11.1 Å². The fourth-order valence-electron chi connectivity index (χ4n) is 2.36. The van der Waals surface area contributed by atoms with E-state index in [-0.39, 0.29) is 24.0 Å². The largest absolute Gasteiger partial charge is 0.370 e. The van der Waals surface area contributed by atoms with Crippen LogP contribution in [-0.4, -0.2) is 34.4 Å². The van der Waals surface area contributed by atoms with Gasteiger partial charge in [0.05, 0.1) is 5.69 Å². The van der Waals surface area contributed by atoms with E-state index in [0.717, 1.165) is 48.6 Å². The molecule has 0 atom stereocenters. The molecular weight excluding hydrogens is 385 g/mol. The number of rotatable bonds is 5. The monoisotopic (exact) mass is 407 g/mol. The molecule has 1 aliphatic heterocycles. The average Bonchev–Trinajstić information content (AvgIpc) is 2.87. The molecule has 1 aromatic heterocycles. The third kappa shape index (κ3) is 4.03. The number of hydrogen-bond donors (Lipinski definition) is 2. The minimum atomic E-state index is 0. The predicted octanol–water partition coefficient (Wildman–Crippen LogP) is 1.85. The lowest BCUT2D eigenvalue weighted by Gasteiger charge is -2.23. The molecule has 2 heterocycles. The third-order valence-electron chi connectivity index (χ3n) is 3.78. The van der Waals surface area contributed by atoms with E-state index < -0.39 is 0 Å². The van der Waals surface area contributed by atoms with Gasteiger partial charge in [-0.1, -0.05) is 18.2 Å². The number of halogens is 1. The zero-order valence-corrected chi connectivity index (χ0v) is 14.7. The van der Waals surface area contributed by atoms with Crippen LogP contribution in [0.2, 0.25) is 0 Å². The second kappa shape index (κ2) is 7.53. The summed E-state index contributed by atoms with van der Waals surface area (Å²) in [6.45, 7) is 2.78. The maximum Gasteiger partial charge on any atom is 0.188 e. The van der Waals surface area contributed by atoms with E-state index in [1.807, 2.05) is 11.8 Å². The number of hydrogen-bond acceptors (Lipinski definition) is 3. The summed E-state index contributed by atoms with van der Waals surface area (Å²) >= 11 is 1.83. The maximum atomic E-state index is 5.85. The van der Waals surface area contributed by atoms with E-state index in [0.29, 0.717) is 5.96 Å². The van der Waals surface area contributed by atoms with Crippen LogP contribution in [-0.2, 0) is 13.0 Å². The standard InChI is InChI=1S/C13H21N5S.HI/c14-12(16-8-10-2-1-3-10)15-5-4-11-9-18-6-7-19-13(18)17-11;/h9-10H,1-8H2,(H3,14,15,16);1H. The summed E-state index contributed by atoms with van der Waals surface area (Å²) in [6, 6.07) is 0. The Morgan fingerprint density at radius 1 is 1.55 bits per heavy atom. The van der Waals surface area contributed by atoms with Gasteiger partial charge in [-0.15, -0.1) is 24.0 Å². The molecule has 0 bridgehead atoms. The molecule has 2 aliphatic rings. The number of imidazole rings is 1. The van der Waals surface area contributed by atoms with E-state index in [9.17, 15) is 0 Å². The highest BCUT2D eigenvalue weighted by Crippen LogP contribution is 2.26. The van der Waals surface area contributed by atoms with E-state index in [4.69, 9.17) is 5.73 Å². The van der Waals surface area contributed by atoms with E-state index in [1.54, 1.807) is 0 Å². The zero-order chi connectivity index (χ0) is 13.1. The Labute approximate surface area is 141 Å². The second-order valence-corrected chi connectivity index (χ2v) is 6.32. The summed E-state index contributed by atoms with van der Waals surface area (Å²) in [7, 11) is 0. The topological polar surface area (TPSA) is 68.2 Å². The van der Waals surface area contributed by atoms with E-state index in [2.05, 4.69) is 26.1 Å². The maximum absolute atomic E-state index is 5.85. The van der Waals surface area contributed by atoms with Gasteiger partial charge in [0.2, 0.25) is 0 Å². The molecule has 0 aromatic carbocycles. The van der Waals surface area contributed by atoms with Gasteiger partial charge in [-0.2, -0.15) is 0 Å². The number of nitrogens with zero attached hydrogens (tertiary/aromatic N) is 3. The van der Waals surface area contributed by atoms with Gasteiger partial charge in [-0.3, -0.25) is 4.99 Å². The van der Waals surface area contributed by atoms with Gasteiger partial charge in [0, 0.05) is 38.0 Å². The Morgan fingerprint density at radius 3 is 3.10 bits per heavy atom. The van der Waals surface area contributed by atoms with Crippen molar-refractivity contribution in [2.75, 3.05) is 18.8 Å². The molecule has 3 rings (SSSR count). The second-order valence-electron chi connectivity index (χ2n) is 5.26. The van der Waals surface area contributed by atoms with E-state index in [1.165, 1.54) is 19.3 Å². The van der Waals surface area contributed by atoms with Crippen molar-refractivity contribution >= 4 is 41.7 Å². The number of nitrogens with two attached hydrogens (primary N) is 1. The van der Waals surface area contributed by atoms with Crippen molar-refractivity contribution in [2.24, 2.45) is 16.6 Å². The van der Waals surface area contributed by atoms with Gasteiger partial charge in [-0.25, -0.2) is 4.98 Å². The fraction of sp³-hybridized carbons (Fsp3) is 0.692. The van der Waals surface area contributed by atoms with Gasteiger partial charge in [0.25, 0.3) is 0 Å². The van der Waals surface area contributed by atoms with Crippen molar-refractivity contribution in [1.82, 2.24) is 14.9 Å². The van der Waals surface area contributed by atoms with Crippen molar-refractivity contribution in [3.63, 3.8) is 0 Å². The van der Waals surface area contributed by atoms with Crippen LogP contribution in [0.15, 0.2) is 16.3 Å². The van der Waals surface area contributed by atoms with Crippen LogP contribution in [0.5, 0.6) is 0 Å². The van der Waals surface area contributed by atoms with Crippen molar-refractivity contribution in [3.05, 3.63) is 11.9 Å². The van der Waals surface area contributed by atoms with Crippen molar-refractivity contribution in [2.45, 2.75) is 37.4 Å². The molecule has 0 unspecified atom stereocenters. The minimum absolute atomic E-state index is 0. The summed E-state index contributed by atoms with van der Waals surface area (Å²) in [5, 5.41) is 4.33. The Hall–Kier alpha value is -0.440.